The average Bonchev–Trinajstić information content (AvgIpc) is 3.54. The number of carbonyl (C=O) groups excluding carboxylic acids is 1. The molecule has 5 aromatic rings. The fourth-order valence-electron chi connectivity index (χ4n) is 6.08. The number of likely N-dealkylation sites (tertiary alicyclic amines) is 1. The van der Waals surface area contributed by atoms with Crippen molar-refractivity contribution in [1.29, 1.82) is 0 Å². The molecule has 1 atom stereocenters. The number of benzene rings is 3. The summed E-state index contributed by atoms with van der Waals surface area (Å²) in [5.41, 5.74) is 6.94. The SMILES string of the molecule is Cc1nc2cc(-c3n[nH]c4c3CN(C(=O)NC3CCCN(Cc5ccc6ccccc6c5)C3)CC4)ccc2o1. The topological polar surface area (TPSA) is 90.3 Å². The smallest absolute Gasteiger partial charge is 0.317 e. The van der Waals surface area contributed by atoms with Gasteiger partial charge in [-0.25, -0.2) is 9.78 Å². The molecule has 0 radical (unpaired) electrons. The first-order valence-corrected chi connectivity index (χ1v) is 13.8. The zero-order chi connectivity index (χ0) is 26.3. The summed E-state index contributed by atoms with van der Waals surface area (Å²) in [6.45, 7) is 5.89. The first-order valence-electron chi connectivity index (χ1n) is 13.8. The maximum atomic E-state index is 13.4. The number of urea groups is 1. The number of carbonyl (C=O) groups is 1. The molecular formula is C31H32N6O2. The highest BCUT2D eigenvalue weighted by molar-refractivity contribution is 5.83. The lowest BCUT2D eigenvalue weighted by molar-refractivity contribution is 0.160. The van der Waals surface area contributed by atoms with Crippen molar-refractivity contribution in [2.24, 2.45) is 0 Å². The van der Waals surface area contributed by atoms with Crippen molar-refractivity contribution in [2.45, 2.75) is 45.3 Å². The van der Waals surface area contributed by atoms with Crippen LogP contribution >= 0.6 is 0 Å². The molecule has 1 saturated heterocycles. The number of aromatic nitrogens is 3. The van der Waals surface area contributed by atoms with Gasteiger partial charge in [-0.3, -0.25) is 10.00 Å². The number of H-pyrrole nitrogens is 1. The number of hydrogen-bond acceptors (Lipinski definition) is 5. The normalized spacial score (nSPS) is 18.0. The van der Waals surface area contributed by atoms with Gasteiger partial charge in [0.15, 0.2) is 11.5 Å². The van der Waals surface area contributed by atoms with Gasteiger partial charge in [0.2, 0.25) is 0 Å². The second-order valence-corrected chi connectivity index (χ2v) is 10.8. The average molecular weight is 521 g/mol. The molecule has 8 nitrogen and oxygen atoms in total. The third-order valence-electron chi connectivity index (χ3n) is 8.04. The van der Waals surface area contributed by atoms with E-state index in [-0.39, 0.29) is 12.1 Å². The number of aromatic amines is 1. The Morgan fingerprint density at radius 1 is 1.10 bits per heavy atom. The minimum atomic E-state index is 0.00735. The number of hydrogen-bond donors (Lipinski definition) is 2. The van der Waals surface area contributed by atoms with Crippen LogP contribution in [0.2, 0.25) is 0 Å². The Morgan fingerprint density at radius 2 is 2.00 bits per heavy atom. The summed E-state index contributed by atoms with van der Waals surface area (Å²) in [6.07, 6.45) is 2.85. The molecule has 0 aliphatic carbocycles. The number of nitrogens with zero attached hydrogens (tertiary/aromatic N) is 4. The Kier molecular flexibility index (Phi) is 6.04. The van der Waals surface area contributed by atoms with Crippen LogP contribution in [-0.4, -0.2) is 56.7 Å². The molecule has 1 unspecified atom stereocenters. The number of piperidine rings is 1. The quantitative estimate of drug-likeness (QED) is 0.331. The number of aryl methyl sites for hydroxylation is 1. The minimum Gasteiger partial charge on any atom is -0.441 e. The molecule has 8 heteroatoms. The number of nitrogens with one attached hydrogen (secondary N) is 2. The summed E-state index contributed by atoms with van der Waals surface area (Å²) in [4.78, 5) is 22.2. The highest BCUT2D eigenvalue weighted by Crippen LogP contribution is 2.31. The predicted molar refractivity (Wildman–Crippen MR) is 151 cm³/mol. The molecule has 0 bridgehead atoms. The summed E-state index contributed by atoms with van der Waals surface area (Å²) < 4.78 is 5.63. The molecule has 7 rings (SSSR count). The molecule has 39 heavy (non-hydrogen) atoms. The monoisotopic (exact) mass is 520 g/mol. The summed E-state index contributed by atoms with van der Waals surface area (Å²) in [5.74, 6) is 0.646. The Bertz CT molecular complexity index is 1670. The van der Waals surface area contributed by atoms with Crippen molar-refractivity contribution in [2.75, 3.05) is 19.6 Å². The molecule has 0 spiro atoms. The van der Waals surface area contributed by atoms with Crippen LogP contribution in [0.25, 0.3) is 33.1 Å². The van der Waals surface area contributed by atoms with Crippen LogP contribution in [0.4, 0.5) is 4.79 Å². The standard InChI is InChI=1S/C31H32N6O2/c1-20-32-28-16-24(10-11-29(28)39-20)30-26-19-37(14-12-27(26)34-35-30)31(38)33-25-7-4-13-36(18-25)17-21-8-9-22-5-2-3-6-23(22)15-21/h2-3,5-6,8-11,15-16,25H,4,7,12-14,17-19H2,1H3,(H,33,38)(H,34,35). The van der Waals surface area contributed by atoms with Crippen molar-refractivity contribution >= 4 is 27.9 Å². The van der Waals surface area contributed by atoms with E-state index >= 15 is 0 Å². The molecule has 2 amide bonds. The van der Waals surface area contributed by atoms with Crippen molar-refractivity contribution in [1.82, 2.24) is 30.3 Å². The van der Waals surface area contributed by atoms with E-state index < -0.39 is 0 Å². The highest BCUT2D eigenvalue weighted by atomic mass is 16.3. The molecule has 2 aliphatic heterocycles. The van der Waals surface area contributed by atoms with Gasteiger partial charge >= 0.3 is 6.03 Å². The van der Waals surface area contributed by atoms with Gasteiger partial charge in [0.25, 0.3) is 0 Å². The van der Waals surface area contributed by atoms with Gasteiger partial charge in [-0.15, -0.1) is 0 Å². The lowest BCUT2D eigenvalue weighted by Crippen LogP contribution is -2.52. The first kappa shape index (κ1) is 23.9. The molecular weight excluding hydrogens is 488 g/mol. The van der Waals surface area contributed by atoms with Crippen LogP contribution in [0.1, 0.15) is 35.6 Å². The summed E-state index contributed by atoms with van der Waals surface area (Å²) in [5, 5.41) is 13.7. The number of rotatable bonds is 4. The predicted octanol–water partition coefficient (Wildman–Crippen LogP) is 5.41. The van der Waals surface area contributed by atoms with E-state index in [9.17, 15) is 4.79 Å². The van der Waals surface area contributed by atoms with E-state index in [0.29, 0.717) is 19.0 Å². The van der Waals surface area contributed by atoms with E-state index in [1.165, 1.54) is 16.3 Å². The zero-order valence-electron chi connectivity index (χ0n) is 22.1. The van der Waals surface area contributed by atoms with Crippen molar-refractivity contribution in [3.63, 3.8) is 0 Å². The molecule has 2 aliphatic rings. The molecule has 3 aromatic carbocycles. The van der Waals surface area contributed by atoms with Crippen LogP contribution in [0.3, 0.4) is 0 Å². The Balaban J connectivity index is 1.01. The maximum Gasteiger partial charge on any atom is 0.317 e. The van der Waals surface area contributed by atoms with Gasteiger partial charge in [-0.1, -0.05) is 36.4 Å². The minimum absolute atomic E-state index is 0.00735. The van der Waals surface area contributed by atoms with Crippen molar-refractivity contribution in [3.05, 3.63) is 83.4 Å². The van der Waals surface area contributed by atoms with Crippen LogP contribution < -0.4 is 5.32 Å². The van der Waals surface area contributed by atoms with Gasteiger partial charge in [-0.2, -0.15) is 5.10 Å². The fraction of sp³-hybridized carbons (Fsp3) is 0.323. The van der Waals surface area contributed by atoms with Crippen LogP contribution in [-0.2, 0) is 19.5 Å². The van der Waals surface area contributed by atoms with E-state index in [1.807, 2.05) is 30.0 Å². The molecule has 4 heterocycles. The Hall–Kier alpha value is -4.17. The van der Waals surface area contributed by atoms with Gasteiger partial charge in [0.1, 0.15) is 5.52 Å². The van der Waals surface area contributed by atoms with E-state index in [2.05, 4.69) is 67.9 Å². The third kappa shape index (κ3) is 4.76. The first-order chi connectivity index (χ1) is 19.1. The second kappa shape index (κ2) is 9.85. The largest absolute Gasteiger partial charge is 0.441 e. The molecule has 0 saturated carbocycles. The van der Waals surface area contributed by atoms with E-state index in [0.717, 1.165) is 72.5 Å². The molecule has 1 fully saturated rings. The summed E-state index contributed by atoms with van der Waals surface area (Å²) >= 11 is 0. The fourth-order valence-corrected chi connectivity index (χ4v) is 6.08. The molecule has 2 N–H and O–H groups in total. The van der Waals surface area contributed by atoms with Gasteiger partial charge in [-0.05, 0) is 60.0 Å². The Labute approximate surface area is 227 Å². The van der Waals surface area contributed by atoms with E-state index in [4.69, 9.17) is 4.42 Å². The number of oxazole rings is 1. The third-order valence-corrected chi connectivity index (χ3v) is 8.04. The lowest BCUT2D eigenvalue weighted by Gasteiger charge is -2.35. The zero-order valence-corrected chi connectivity index (χ0v) is 22.1. The van der Waals surface area contributed by atoms with Crippen LogP contribution in [0.15, 0.2) is 65.1 Å². The maximum absolute atomic E-state index is 13.4. The van der Waals surface area contributed by atoms with Gasteiger partial charge < -0.3 is 14.6 Å². The number of amides is 2. The van der Waals surface area contributed by atoms with Crippen molar-refractivity contribution in [3.8, 4) is 11.3 Å². The van der Waals surface area contributed by atoms with Crippen molar-refractivity contribution < 1.29 is 9.21 Å². The van der Waals surface area contributed by atoms with E-state index in [1.54, 1.807) is 0 Å². The number of fused-ring (bicyclic) bond motifs is 3. The van der Waals surface area contributed by atoms with Crippen LogP contribution in [0, 0.1) is 6.92 Å². The lowest BCUT2D eigenvalue weighted by atomic mass is 10.0. The highest BCUT2D eigenvalue weighted by Gasteiger charge is 2.28. The molecule has 198 valence electrons. The molecule has 2 aromatic heterocycles. The summed E-state index contributed by atoms with van der Waals surface area (Å²) in [6, 6.07) is 21.3. The Morgan fingerprint density at radius 3 is 2.92 bits per heavy atom. The summed E-state index contributed by atoms with van der Waals surface area (Å²) in [7, 11) is 0. The van der Waals surface area contributed by atoms with Gasteiger partial charge in [0.05, 0.1) is 12.2 Å². The van der Waals surface area contributed by atoms with Gasteiger partial charge in [0, 0.05) is 55.8 Å². The van der Waals surface area contributed by atoms with Crippen LogP contribution in [0.5, 0.6) is 0 Å². The second-order valence-electron chi connectivity index (χ2n) is 10.8.